The van der Waals surface area contributed by atoms with E-state index in [1.165, 1.54) is 37.1 Å². The van der Waals surface area contributed by atoms with Gasteiger partial charge in [-0.2, -0.15) is 0 Å². The third-order valence-corrected chi connectivity index (χ3v) is 4.92. The summed E-state index contributed by atoms with van der Waals surface area (Å²) in [6.07, 6.45) is 2.52. The summed E-state index contributed by atoms with van der Waals surface area (Å²) < 4.78 is 0. The highest BCUT2D eigenvalue weighted by Crippen LogP contribution is 2.17. The van der Waals surface area contributed by atoms with Gasteiger partial charge in [0.05, 0.1) is 0 Å². The average molecular weight is 308 g/mol. The molecule has 1 aliphatic heterocycles. The van der Waals surface area contributed by atoms with Gasteiger partial charge in [0.25, 0.3) is 0 Å². The van der Waals surface area contributed by atoms with E-state index in [0.29, 0.717) is 12.0 Å². The Morgan fingerprint density at radius 1 is 0.957 bits per heavy atom. The molecular weight excluding hydrogens is 280 g/mol. The second-order valence-electron chi connectivity index (χ2n) is 6.76. The normalized spacial score (nSPS) is 18.0. The van der Waals surface area contributed by atoms with Crippen LogP contribution in [0.1, 0.15) is 36.8 Å². The fraction of sp³-hybridized carbons (Fsp3) is 0.429. The summed E-state index contributed by atoms with van der Waals surface area (Å²) in [6.45, 7) is 6.88. The SMILES string of the molecule is CC(CNC1CCN(Cc2ccccc2)CC1)c1ccccc1. The van der Waals surface area contributed by atoms with Crippen LogP contribution < -0.4 is 5.32 Å². The number of rotatable bonds is 6. The van der Waals surface area contributed by atoms with Crippen LogP contribution in [0.2, 0.25) is 0 Å². The first-order chi connectivity index (χ1) is 11.3. The lowest BCUT2D eigenvalue weighted by molar-refractivity contribution is 0.190. The Kier molecular flexibility index (Phi) is 5.84. The molecule has 0 radical (unpaired) electrons. The zero-order valence-corrected chi connectivity index (χ0v) is 14.1. The van der Waals surface area contributed by atoms with Gasteiger partial charge < -0.3 is 5.32 Å². The first-order valence-electron chi connectivity index (χ1n) is 8.86. The van der Waals surface area contributed by atoms with Gasteiger partial charge in [-0.15, -0.1) is 0 Å². The molecule has 0 aromatic heterocycles. The average Bonchev–Trinajstić information content (AvgIpc) is 2.62. The quantitative estimate of drug-likeness (QED) is 0.866. The summed E-state index contributed by atoms with van der Waals surface area (Å²) in [7, 11) is 0. The summed E-state index contributed by atoms with van der Waals surface area (Å²) in [5, 5.41) is 3.78. The van der Waals surface area contributed by atoms with E-state index < -0.39 is 0 Å². The maximum absolute atomic E-state index is 3.78. The summed E-state index contributed by atoms with van der Waals surface area (Å²) in [4.78, 5) is 2.58. The number of piperidine rings is 1. The number of hydrogen-bond donors (Lipinski definition) is 1. The van der Waals surface area contributed by atoms with E-state index in [4.69, 9.17) is 0 Å². The van der Waals surface area contributed by atoms with E-state index in [9.17, 15) is 0 Å². The van der Waals surface area contributed by atoms with Crippen LogP contribution in [0, 0.1) is 0 Å². The van der Waals surface area contributed by atoms with Gasteiger partial charge in [0.15, 0.2) is 0 Å². The van der Waals surface area contributed by atoms with Crippen molar-refractivity contribution < 1.29 is 0 Å². The zero-order chi connectivity index (χ0) is 15.9. The molecule has 0 saturated carbocycles. The molecule has 1 aliphatic rings. The highest BCUT2D eigenvalue weighted by molar-refractivity contribution is 5.19. The molecule has 122 valence electrons. The van der Waals surface area contributed by atoms with Crippen LogP contribution >= 0.6 is 0 Å². The summed E-state index contributed by atoms with van der Waals surface area (Å²) >= 11 is 0. The molecule has 0 bridgehead atoms. The van der Waals surface area contributed by atoms with E-state index in [2.05, 4.69) is 77.8 Å². The first-order valence-corrected chi connectivity index (χ1v) is 8.86. The predicted octanol–water partition coefficient (Wildman–Crippen LogP) is 4.04. The Morgan fingerprint density at radius 3 is 2.22 bits per heavy atom. The van der Waals surface area contributed by atoms with Gasteiger partial charge in [-0.25, -0.2) is 0 Å². The molecule has 1 heterocycles. The number of nitrogens with zero attached hydrogens (tertiary/aromatic N) is 1. The van der Waals surface area contributed by atoms with Crippen molar-refractivity contribution in [2.75, 3.05) is 19.6 Å². The van der Waals surface area contributed by atoms with Crippen molar-refractivity contribution in [3.8, 4) is 0 Å². The van der Waals surface area contributed by atoms with Crippen LogP contribution in [0.3, 0.4) is 0 Å². The Labute approximate surface area is 140 Å². The Morgan fingerprint density at radius 2 is 1.57 bits per heavy atom. The molecule has 0 amide bonds. The Balaban J connectivity index is 1.39. The molecule has 2 aromatic carbocycles. The largest absolute Gasteiger partial charge is 0.313 e. The Hall–Kier alpha value is -1.64. The summed E-state index contributed by atoms with van der Waals surface area (Å²) in [6, 6.07) is 22.3. The Bertz CT molecular complexity index is 559. The van der Waals surface area contributed by atoms with Crippen molar-refractivity contribution in [1.82, 2.24) is 10.2 Å². The molecule has 2 nitrogen and oxygen atoms in total. The molecule has 0 aliphatic carbocycles. The molecule has 1 saturated heterocycles. The van der Waals surface area contributed by atoms with Crippen molar-refractivity contribution in [2.45, 2.75) is 38.3 Å². The van der Waals surface area contributed by atoms with Crippen molar-refractivity contribution >= 4 is 0 Å². The van der Waals surface area contributed by atoms with E-state index in [1.807, 2.05) is 0 Å². The highest BCUT2D eigenvalue weighted by atomic mass is 15.1. The third kappa shape index (κ3) is 4.92. The van der Waals surface area contributed by atoms with Gasteiger partial charge in [-0.05, 0) is 43.0 Å². The van der Waals surface area contributed by atoms with Crippen LogP contribution in [-0.4, -0.2) is 30.6 Å². The van der Waals surface area contributed by atoms with Crippen LogP contribution in [0.5, 0.6) is 0 Å². The summed E-state index contributed by atoms with van der Waals surface area (Å²) in [5.41, 5.74) is 2.86. The standard InChI is InChI=1S/C21H28N2/c1-18(20-10-6-3-7-11-20)16-22-21-12-14-23(15-13-21)17-19-8-4-2-5-9-19/h2-11,18,21-22H,12-17H2,1H3. The van der Waals surface area contributed by atoms with Gasteiger partial charge in [0.1, 0.15) is 0 Å². The van der Waals surface area contributed by atoms with Gasteiger partial charge in [-0.3, -0.25) is 4.90 Å². The topological polar surface area (TPSA) is 15.3 Å². The molecule has 1 unspecified atom stereocenters. The van der Waals surface area contributed by atoms with Crippen LogP contribution in [0.15, 0.2) is 60.7 Å². The maximum atomic E-state index is 3.78. The molecule has 0 spiro atoms. The van der Waals surface area contributed by atoms with E-state index in [1.54, 1.807) is 0 Å². The fourth-order valence-electron chi connectivity index (χ4n) is 3.38. The van der Waals surface area contributed by atoms with E-state index in [0.717, 1.165) is 13.1 Å². The van der Waals surface area contributed by atoms with Crippen molar-refractivity contribution in [3.63, 3.8) is 0 Å². The molecule has 2 aromatic rings. The van der Waals surface area contributed by atoms with Gasteiger partial charge >= 0.3 is 0 Å². The number of benzene rings is 2. The van der Waals surface area contributed by atoms with Crippen molar-refractivity contribution in [2.24, 2.45) is 0 Å². The molecular formula is C21H28N2. The van der Waals surface area contributed by atoms with Crippen LogP contribution in [-0.2, 0) is 6.54 Å². The number of likely N-dealkylation sites (tertiary alicyclic amines) is 1. The number of hydrogen-bond acceptors (Lipinski definition) is 2. The highest BCUT2D eigenvalue weighted by Gasteiger charge is 2.19. The minimum absolute atomic E-state index is 0.582. The van der Waals surface area contributed by atoms with Gasteiger partial charge in [0, 0.05) is 19.1 Å². The molecule has 2 heteroatoms. The van der Waals surface area contributed by atoms with E-state index in [-0.39, 0.29) is 0 Å². The lowest BCUT2D eigenvalue weighted by atomic mass is 9.99. The second kappa shape index (κ2) is 8.28. The third-order valence-electron chi connectivity index (χ3n) is 4.92. The lowest BCUT2D eigenvalue weighted by Gasteiger charge is -2.33. The van der Waals surface area contributed by atoms with Crippen LogP contribution in [0.25, 0.3) is 0 Å². The molecule has 23 heavy (non-hydrogen) atoms. The molecule has 1 atom stereocenters. The van der Waals surface area contributed by atoms with Crippen molar-refractivity contribution in [1.29, 1.82) is 0 Å². The smallest absolute Gasteiger partial charge is 0.0233 e. The van der Waals surface area contributed by atoms with E-state index >= 15 is 0 Å². The fourth-order valence-corrected chi connectivity index (χ4v) is 3.38. The zero-order valence-electron chi connectivity index (χ0n) is 14.1. The van der Waals surface area contributed by atoms with Crippen molar-refractivity contribution in [3.05, 3.63) is 71.8 Å². The molecule has 3 rings (SSSR count). The van der Waals surface area contributed by atoms with Crippen LogP contribution in [0.4, 0.5) is 0 Å². The minimum Gasteiger partial charge on any atom is -0.313 e. The minimum atomic E-state index is 0.582. The predicted molar refractivity (Wildman–Crippen MR) is 97.6 cm³/mol. The molecule has 1 N–H and O–H groups in total. The second-order valence-corrected chi connectivity index (χ2v) is 6.76. The van der Waals surface area contributed by atoms with Gasteiger partial charge in [-0.1, -0.05) is 67.6 Å². The number of nitrogens with one attached hydrogen (secondary N) is 1. The summed E-state index contributed by atoms with van der Waals surface area (Å²) in [5.74, 6) is 0.582. The maximum Gasteiger partial charge on any atom is 0.0233 e. The first kappa shape index (κ1) is 16.2. The lowest BCUT2D eigenvalue weighted by Crippen LogP contribution is -2.43. The molecule has 1 fully saturated rings. The monoisotopic (exact) mass is 308 g/mol. The van der Waals surface area contributed by atoms with Gasteiger partial charge in [0.2, 0.25) is 0 Å².